The maximum atomic E-state index is 13.5. The SMILES string of the molecule is CC.CC.CCCC(=N)C(C)(C)S(=O)(=O)Cc1ccccc1F.CCOC. The molecule has 0 heterocycles. The molecule has 0 bridgehead atoms. The van der Waals surface area contributed by atoms with Crippen LogP contribution in [0.3, 0.4) is 0 Å². The maximum absolute atomic E-state index is 13.5. The van der Waals surface area contributed by atoms with Gasteiger partial charge < -0.3 is 10.1 Å². The number of hydrogen-bond donors (Lipinski definition) is 1. The second-order valence-corrected chi connectivity index (χ2v) is 8.21. The average molecular weight is 406 g/mol. The number of benzene rings is 1. The summed E-state index contributed by atoms with van der Waals surface area (Å²) in [6.45, 7) is 15.7. The van der Waals surface area contributed by atoms with Crippen molar-refractivity contribution in [3.8, 4) is 0 Å². The molecule has 27 heavy (non-hydrogen) atoms. The zero-order chi connectivity index (χ0) is 22.1. The summed E-state index contributed by atoms with van der Waals surface area (Å²) in [7, 11) is -1.94. The summed E-state index contributed by atoms with van der Waals surface area (Å²) in [5.41, 5.74) is 0.325. The lowest BCUT2D eigenvalue weighted by molar-refractivity contribution is 0.215. The molecular weight excluding hydrogens is 365 g/mol. The van der Waals surface area contributed by atoms with Crippen LogP contribution in [0.5, 0.6) is 0 Å². The van der Waals surface area contributed by atoms with E-state index >= 15 is 0 Å². The number of nitrogens with one attached hydrogen (secondary N) is 1. The van der Waals surface area contributed by atoms with E-state index in [-0.39, 0.29) is 17.0 Å². The molecule has 0 saturated carbocycles. The van der Waals surface area contributed by atoms with E-state index in [1.54, 1.807) is 13.2 Å². The molecular formula is C21H40FNO3S. The lowest BCUT2D eigenvalue weighted by atomic mass is 10.0. The molecule has 0 saturated heterocycles. The van der Waals surface area contributed by atoms with Crippen molar-refractivity contribution in [1.82, 2.24) is 0 Å². The van der Waals surface area contributed by atoms with Gasteiger partial charge in [-0.3, -0.25) is 0 Å². The highest BCUT2D eigenvalue weighted by Gasteiger charge is 2.38. The minimum Gasteiger partial charge on any atom is -0.385 e. The van der Waals surface area contributed by atoms with Gasteiger partial charge in [0.1, 0.15) is 10.6 Å². The third kappa shape index (κ3) is 11.2. The molecule has 0 aliphatic heterocycles. The second kappa shape index (κ2) is 16.9. The highest BCUT2D eigenvalue weighted by molar-refractivity contribution is 7.92. The van der Waals surface area contributed by atoms with Crippen LogP contribution < -0.4 is 0 Å². The van der Waals surface area contributed by atoms with Crippen molar-refractivity contribution in [2.24, 2.45) is 0 Å². The highest BCUT2D eigenvalue weighted by atomic mass is 32.2. The first kappa shape index (κ1) is 30.5. The zero-order valence-corrected chi connectivity index (χ0v) is 19.5. The van der Waals surface area contributed by atoms with Crippen molar-refractivity contribution >= 4 is 15.5 Å². The third-order valence-corrected chi connectivity index (χ3v) is 6.09. The van der Waals surface area contributed by atoms with Crippen molar-refractivity contribution in [1.29, 1.82) is 5.41 Å². The Morgan fingerprint density at radius 3 is 1.93 bits per heavy atom. The molecule has 0 unspecified atom stereocenters. The smallest absolute Gasteiger partial charge is 0.165 e. The molecule has 0 fully saturated rings. The molecule has 6 heteroatoms. The summed E-state index contributed by atoms with van der Waals surface area (Å²) in [6, 6.07) is 5.84. The molecule has 1 aromatic carbocycles. The first-order valence-corrected chi connectivity index (χ1v) is 11.3. The predicted molar refractivity (Wildman–Crippen MR) is 116 cm³/mol. The van der Waals surface area contributed by atoms with Crippen LogP contribution in [0.1, 0.15) is 73.8 Å². The van der Waals surface area contributed by atoms with Gasteiger partial charge in [-0.1, -0.05) is 59.2 Å². The van der Waals surface area contributed by atoms with Gasteiger partial charge in [0.25, 0.3) is 0 Å². The largest absolute Gasteiger partial charge is 0.385 e. The van der Waals surface area contributed by atoms with E-state index in [0.29, 0.717) is 6.42 Å². The molecule has 1 rings (SSSR count). The summed E-state index contributed by atoms with van der Waals surface area (Å²) < 4.78 is 41.6. The topological polar surface area (TPSA) is 67.2 Å². The Morgan fingerprint density at radius 2 is 1.56 bits per heavy atom. The van der Waals surface area contributed by atoms with Gasteiger partial charge in [-0.05, 0) is 33.3 Å². The van der Waals surface area contributed by atoms with Gasteiger partial charge in [0, 0.05) is 25.0 Å². The number of halogens is 1. The molecule has 0 spiro atoms. The van der Waals surface area contributed by atoms with Crippen molar-refractivity contribution < 1.29 is 17.5 Å². The molecule has 4 nitrogen and oxygen atoms in total. The molecule has 1 N–H and O–H groups in total. The summed E-state index contributed by atoms with van der Waals surface area (Å²) in [6.07, 6.45) is 1.15. The standard InChI is InChI=1S/C14H20FNO2S.C3H8O.2C2H6/c1-4-7-13(16)14(2,3)19(17,18)10-11-8-5-6-9-12(11)15;1-3-4-2;2*1-2/h5-6,8-9,16H,4,7,10H2,1-3H3;3H2,1-2H3;2*1-2H3. The fourth-order valence-electron chi connectivity index (χ4n) is 1.74. The molecule has 0 aliphatic carbocycles. The van der Waals surface area contributed by atoms with Gasteiger partial charge in [0.05, 0.1) is 5.75 Å². The van der Waals surface area contributed by atoms with Crippen LogP contribution in [-0.2, 0) is 20.3 Å². The third-order valence-electron chi connectivity index (χ3n) is 3.60. The van der Waals surface area contributed by atoms with E-state index in [2.05, 4.69) is 4.74 Å². The summed E-state index contributed by atoms with van der Waals surface area (Å²) in [5, 5.41) is 7.89. The van der Waals surface area contributed by atoms with Crippen molar-refractivity contribution in [2.75, 3.05) is 13.7 Å². The Hall–Kier alpha value is -1.27. The Balaban J connectivity index is -0.000000621. The zero-order valence-electron chi connectivity index (χ0n) is 18.6. The van der Waals surface area contributed by atoms with Gasteiger partial charge in [0.15, 0.2) is 9.84 Å². The van der Waals surface area contributed by atoms with Gasteiger partial charge >= 0.3 is 0 Å². The van der Waals surface area contributed by atoms with E-state index in [1.165, 1.54) is 32.0 Å². The van der Waals surface area contributed by atoms with Crippen molar-refractivity contribution in [2.45, 2.75) is 78.7 Å². The Bertz CT molecular complexity index is 597. The van der Waals surface area contributed by atoms with E-state index in [4.69, 9.17) is 5.41 Å². The molecule has 0 aliphatic rings. The van der Waals surface area contributed by atoms with Gasteiger partial charge in [0.2, 0.25) is 0 Å². The minimum absolute atomic E-state index is 0.153. The normalized spacial score (nSPS) is 10.3. The van der Waals surface area contributed by atoms with Gasteiger partial charge in [-0.25, -0.2) is 12.8 Å². The number of hydrogen-bond acceptors (Lipinski definition) is 4. The highest BCUT2D eigenvalue weighted by Crippen LogP contribution is 2.25. The number of sulfone groups is 1. The van der Waals surface area contributed by atoms with Crippen LogP contribution in [0.25, 0.3) is 0 Å². The van der Waals surface area contributed by atoms with E-state index in [9.17, 15) is 12.8 Å². The van der Waals surface area contributed by atoms with Gasteiger partial charge in [-0.2, -0.15) is 0 Å². The predicted octanol–water partition coefficient (Wildman–Crippen LogP) is 6.04. The molecule has 0 radical (unpaired) electrons. The van der Waals surface area contributed by atoms with Crippen LogP contribution in [0, 0.1) is 11.2 Å². The van der Waals surface area contributed by atoms with Crippen molar-refractivity contribution in [3.05, 3.63) is 35.6 Å². The number of ether oxygens (including phenoxy) is 1. The van der Waals surface area contributed by atoms with Crippen LogP contribution >= 0.6 is 0 Å². The van der Waals surface area contributed by atoms with Crippen LogP contribution in [0.4, 0.5) is 4.39 Å². The Kier molecular flexibility index (Phi) is 19.0. The number of methoxy groups -OCH3 is 1. The Morgan fingerprint density at radius 1 is 1.11 bits per heavy atom. The lowest BCUT2D eigenvalue weighted by Crippen LogP contribution is -2.41. The van der Waals surface area contributed by atoms with E-state index in [1.807, 2.05) is 41.5 Å². The lowest BCUT2D eigenvalue weighted by Gasteiger charge is -2.25. The number of rotatable bonds is 7. The van der Waals surface area contributed by atoms with Gasteiger partial charge in [-0.15, -0.1) is 0 Å². The molecule has 160 valence electrons. The average Bonchev–Trinajstić information content (AvgIpc) is 2.67. The molecule has 0 amide bonds. The van der Waals surface area contributed by atoms with Crippen LogP contribution in [-0.4, -0.2) is 32.6 Å². The summed E-state index contributed by atoms with van der Waals surface area (Å²) >= 11 is 0. The quantitative estimate of drug-likeness (QED) is 0.562. The molecule has 0 atom stereocenters. The fraction of sp³-hybridized carbons (Fsp3) is 0.667. The fourth-order valence-corrected chi connectivity index (χ4v) is 3.22. The summed E-state index contributed by atoms with van der Waals surface area (Å²) in [5.74, 6) is -0.900. The molecule has 1 aromatic rings. The van der Waals surface area contributed by atoms with E-state index < -0.39 is 20.4 Å². The monoisotopic (exact) mass is 405 g/mol. The molecule has 0 aromatic heterocycles. The minimum atomic E-state index is -3.62. The second-order valence-electron chi connectivity index (χ2n) is 5.67. The first-order valence-electron chi connectivity index (χ1n) is 9.66. The Labute approximate surface area is 167 Å². The van der Waals surface area contributed by atoms with Crippen molar-refractivity contribution in [3.63, 3.8) is 0 Å². The maximum Gasteiger partial charge on any atom is 0.165 e. The van der Waals surface area contributed by atoms with Crippen LogP contribution in [0.2, 0.25) is 0 Å². The van der Waals surface area contributed by atoms with E-state index in [0.717, 1.165) is 13.0 Å². The van der Waals surface area contributed by atoms with Crippen LogP contribution in [0.15, 0.2) is 24.3 Å². The summed E-state index contributed by atoms with van der Waals surface area (Å²) in [4.78, 5) is 0. The first-order chi connectivity index (χ1) is 12.6.